The van der Waals surface area contributed by atoms with Crippen molar-refractivity contribution in [1.82, 2.24) is 0 Å². The molecule has 0 unspecified atom stereocenters. The van der Waals surface area contributed by atoms with Gasteiger partial charge in [0.1, 0.15) is 5.60 Å². The van der Waals surface area contributed by atoms with Crippen LogP contribution < -0.4 is 4.90 Å². The Bertz CT molecular complexity index is 1240. The lowest BCUT2D eigenvalue weighted by molar-refractivity contribution is -0.485. The number of rotatable bonds is 6. The van der Waals surface area contributed by atoms with E-state index in [0.29, 0.717) is 16.8 Å². The standard InChI is InChI=1S/C28H28N2O5/c1-27(2,3)35-26(32)30-24-17-11-10-16-22(24)28(25(30)31,18-20-12-6-4-7-13-20)23(19-29(33)34)21-14-8-5-9-15-21/h4-17,23H,18-19H2,1-3H3/t23-,28-/m1/s1. The van der Waals surface area contributed by atoms with Gasteiger partial charge in [-0.05, 0) is 49.9 Å². The van der Waals surface area contributed by atoms with Crippen LogP contribution in [-0.2, 0) is 21.4 Å². The molecule has 3 aromatic carbocycles. The van der Waals surface area contributed by atoms with Gasteiger partial charge in [0, 0.05) is 4.92 Å². The Morgan fingerprint density at radius 3 is 2.14 bits per heavy atom. The molecule has 0 N–H and O–H groups in total. The van der Waals surface area contributed by atoms with Crippen molar-refractivity contribution in [1.29, 1.82) is 0 Å². The van der Waals surface area contributed by atoms with E-state index in [-0.39, 0.29) is 6.42 Å². The van der Waals surface area contributed by atoms with Crippen LogP contribution in [-0.4, -0.2) is 29.1 Å². The van der Waals surface area contributed by atoms with Crippen molar-refractivity contribution in [3.8, 4) is 0 Å². The summed E-state index contributed by atoms with van der Waals surface area (Å²) < 4.78 is 5.59. The Balaban J connectivity index is 1.97. The predicted molar refractivity (Wildman–Crippen MR) is 133 cm³/mol. The Morgan fingerprint density at radius 1 is 0.971 bits per heavy atom. The molecule has 7 nitrogen and oxygen atoms in total. The maximum Gasteiger partial charge on any atom is 0.421 e. The highest BCUT2D eigenvalue weighted by Gasteiger charge is 2.59. The van der Waals surface area contributed by atoms with Gasteiger partial charge in [0.15, 0.2) is 0 Å². The summed E-state index contributed by atoms with van der Waals surface area (Å²) in [5, 5.41) is 11.9. The van der Waals surface area contributed by atoms with Crippen LogP contribution in [0, 0.1) is 10.1 Å². The molecule has 0 saturated carbocycles. The first-order valence-corrected chi connectivity index (χ1v) is 11.5. The molecule has 1 heterocycles. The highest BCUT2D eigenvalue weighted by atomic mass is 16.6. The predicted octanol–water partition coefficient (Wildman–Crippen LogP) is 5.51. The molecule has 7 heteroatoms. The minimum Gasteiger partial charge on any atom is -0.443 e. The average Bonchev–Trinajstić information content (AvgIpc) is 3.06. The number of anilines is 1. The molecule has 1 aliphatic rings. The first kappa shape index (κ1) is 24.1. The van der Waals surface area contributed by atoms with Crippen LogP contribution in [0.4, 0.5) is 10.5 Å². The summed E-state index contributed by atoms with van der Waals surface area (Å²) in [4.78, 5) is 40.3. The average molecular weight is 473 g/mol. The number of nitrogens with zero attached hydrogens (tertiary/aromatic N) is 2. The molecule has 35 heavy (non-hydrogen) atoms. The summed E-state index contributed by atoms with van der Waals surface area (Å²) in [7, 11) is 0. The lowest BCUT2D eigenvalue weighted by atomic mass is 9.65. The van der Waals surface area contributed by atoms with Gasteiger partial charge in [-0.15, -0.1) is 0 Å². The van der Waals surface area contributed by atoms with Crippen molar-refractivity contribution in [2.75, 3.05) is 11.4 Å². The molecule has 3 aromatic rings. The van der Waals surface area contributed by atoms with Gasteiger partial charge in [-0.25, -0.2) is 9.69 Å². The molecule has 0 radical (unpaired) electrons. The number of carbonyl (C=O) groups excluding carboxylic acids is 2. The molecule has 0 aromatic heterocycles. The number of imide groups is 1. The first-order valence-electron chi connectivity index (χ1n) is 11.5. The lowest BCUT2D eigenvalue weighted by Crippen LogP contribution is -2.50. The third-order valence-corrected chi connectivity index (χ3v) is 6.24. The molecule has 1 aliphatic heterocycles. The van der Waals surface area contributed by atoms with E-state index in [9.17, 15) is 19.7 Å². The number of fused-ring (bicyclic) bond motifs is 1. The largest absolute Gasteiger partial charge is 0.443 e. The third kappa shape index (κ3) is 4.67. The summed E-state index contributed by atoms with van der Waals surface area (Å²) in [6.45, 7) is 4.72. The Morgan fingerprint density at radius 2 is 1.54 bits per heavy atom. The van der Waals surface area contributed by atoms with Gasteiger partial charge < -0.3 is 4.74 Å². The number of hydrogen-bond acceptors (Lipinski definition) is 5. The molecule has 0 bridgehead atoms. The zero-order valence-electron chi connectivity index (χ0n) is 20.0. The highest BCUT2D eigenvalue weighted by molar-refractivity contribution is 6.21. The summed E-state index contributed by atoms with van der Waals surface area (Å²) in [5.41, 5.74) is 0.266. The number of ether oxygens (including phenoxy) is 1. The highest BCUT2D eigenvalue weighted by Crippen LogP contribution is 2.52. The second-order valence-electron chi connectivity index (χ2n) is 9.75. The fourth-order valence-electron chi connectivity index (χ4n) is 4.89. The van der Waals surface area contributed by atoms with E-state index < -0.39 is 40.4 Å². The smallest absolute Gasteiger partial charge is 0.421 e. The molecule has 180 valence electrons. The number of carbonyl (C=O) groups is 2. The van der Waals surface area contributed by atoms with E-state index in [1.165, 1.54) is 0 Å². The minimum atomic E-state index is -1.39. The summed E-state index contributed by atoms with van der Waals surface area (Å²) in [6, 6.07) is 25.4. The van der Waals surface area contributed by atoms with E-state index in [0.717, 1.165) is 10.5 Å². The van der Waals surface area contributed by atoms with E-state index in [2.05, 4.69) is 0 Å². The zero-order valence-corrected chi connectivity index (χ0v) is 20.0. The van der Waals surface area contributed by atoms with Crippen molar-refractivity contribution in [2.45, 2.75) is 44.1 Å². The molecule has 4 rings (SSSR count). The van der Waals surface area contributed by atoms with Crippen molar-refractivity contribution < 1.29 is 19.2 Å². The van der Waals surface area contributed by atoms with E-state index >= 15 is 0 Å². The lowest BCUT2D eigenvalue weighted by Gasteiger charge is -2.35. The summed E-state index contributed by atoms with van der Waals surface area (Å²) in [6.07, 6.45) is -0.603. The molecule has 0 saturated heterocycles. The molecule has 0 spiro atoms. The Kier molecular flexibility index (Phi) is 6.43. The SMILES string of the molecule is CC(C)(C)OC(=O)N1C(=O)[C@@](Cc2ccccc2)([C@H](C[N+](=O)[O-])c2ccccc2)c2ccccc21. The van der Waals surface area contributed by atoms with Crippen molar-refractivity contribution in [3.63, 3.8) is 0 Å². The van der Waals surface area contributed by atoms with Crippen LogP contribution in [0.25, 0.3) is 0 Å². The van der Waals surface area contributed by atoms with E-state index in [4.69, 9.17) is 4.74 Å². The van der Waals surface area contributed by atoms with Crippen LogP contribution in [0.15, 0.2) is 84.9 Å². The normalized spacial score (nSPS) is 18.1. The maximum atomic E-state index is 14.4. The minimum absolute atomic E-state index is 0.191. The molecular formula is C28H28N2O5. The quantitative estimate of drug-likeness (QED) is 0.349. The number of para-hydroxylation sites is 1. The first-order chi connectivity index (χ1) is 16.6. The molecule has 0 aliphatic carbocycles. The number of benzene rings is 3. The van der Waals surface area contributed by atoms with E-state index in [1.807, 2.05) is 36.4 Å². The summed E-state index contributed by atoms with van der Waals surface area (Å²) in [5.74, 6) is -1.34. The van der Waals surface area contributed by atoms with Crippen molar-refractivity contribution in [3.05, 3.63) is 112 Å². The van der Waals surface area contributed by atoms with Crippen LogP contribution in [0.5, 0.6) is 0 Å². The fraction of sp³-hybridized carbons (Fsp3) is 0.286. The maximum absolute atomic E-state index is 14.4. The van der Waals surface area contributed by atoms with Crippen LogP contribution in [0.3, 0.4) is 0 Å². The molecule has 2 atom stereocenters. The van der Waals surface area contributed by atoms with Gasteiger partial charge in [0.05, 0.1) is 17.0 Å². The van der Waals surface area contributed by atoms with Crippen molar-refractivity contribution >= 4 is 17.7 Å². The third-order valence-electron chi connectivity index (χ3n) is 6.24. The van der Waals surface area contributed by atoms with Crippen LogP contribution >= 0.6 is 0 Å². The van der Waals surface area contributed by atoms with Gasteiger partial charge in [-0.1, -0.05) is 78.9 Å². The number of amides is 2. The molecular weight excluding hydrogens is 444 g/mol. The Labute approximate surface area is 204 Å². The monoisotopic (exact) mass is 472 g/mol. The van der Waals surface area contributed by atoms with Crippen LogP contribution in [0.1, 0.15) is 43.4 Å². The van der Waals surface area contributed by atoms with Gasteiger partial charge in [-0.2, -0.15) is 0 Å². The topological polar surface area (TPSA) is 89.8 Å². The fourth-order valence-corrected chi connectivity index (χ4v) is 4.89. The Hall–Kier alpha value is -4.00. The molecule has 0 fully saturated rings. The van der Waals surface area contributed by atoms with Gasteiger partial charge >= 0.3 is 6.09 Å². The van der Waals surface area contributed by atoms with Crippen LogP contribution in [0.2, 0.25) is 0 Å². The summed E-state index contributed by atoms with van der Waals surface area (Å²) >= 11 is 0. The molecule has 2 amide bonds. The number of nitro groups is 1. The second kappa shape index (κ2) is 9.33. The van der Waals surface area contributed by atoms with Gasteiger partial charge in [0.2, 0.25) is 12.5 Å². The van der Waals surface area contributed by atoms with E-state index in [1.54, 1.807) is 69.3 Å². The zero-order chi connectivity index (χ0) is 25.2. The van der Waals surface area contributed by atoms with Crippen molar-refractivity contribution in [2.24, 2.45) is 0 Å². The van der Waals surface area contributed by atoms with Gasteiger partial charge in [0.25, 0.3) is 0 Å². The second-order valence-corrected chi connectivity index (χ2v) is 9.75. The van der Waals surface area contributed by atoms with Gasteiger partial charge in [-0.3, -0.25) is 14.9 Å². The number of hydrogen-bond donors (Lipinski definition) is 0.